The Balaban J connectivity index is 1.61. The van der Waals surface area contributed by atoms with Crippen LogP contribution < -0.4 is 0 Å². The number of aliphatic hydroxyl groups is 1. The summed E-state index contributed by atoms with van der Waals surface area (Å²) in [5.41, 5.74) is 1.76. The zero-order valence-electron chi connectivity index (χ0n) is 15.7. The molecule has 4 aliphatic carbocycles. The van der Waals surface area contributed by atoms with Gasteiger partial charge in [0.15, 0.2) is 0 Å². The summed E-state index contributed by atoms with van der Waals surface area (Å²) in [6, 6.07) is 0. The van der Waals surface area contributed by atoms with Crippen LogP contribution >= 0.6 is 0 Å². The third-order valence-corrected chi connectivity index (χ3v) is 9.30. The minimum Gasteiger partial charge on any atom is -0.411 e. The van der Waals surface area contributed by atoms with Crippen molar-refractivity contribution in [2.45, 2.75) is 84.7 Å². The summed E-state index contributed by atoms with van der Waals surface area (Å²) < 4.78 is 0. The highest BCUT2D eigenvalue weighted by atomic mass is 16.4. The summed E-state index contributed by atoms with van der Waals surface area (Å²) >= 11 is 0. The molecule has 8 atom stereocenters. The van der Waals surface area contributed by atoms with Crippen molar-refractivity contribution in [3.05, 3.63) is 0 Å². The molecule has 4 aliphatic rings. The van der Waals surface area contributed by atoms with E-state index in [4.69, 9.17) is 0 Å². The Morgan fingerprint density at radius 3 is 2.38 bits per heavy atom. The molecule has 24 heavy (non-hydrogen) atoms. The lowest BCUT2D eigenvalue weighted by atomic mass is 9.44. The number of rotatable bonds is 1. The molecular formula is C21H35NO2. The van der Waals surface area contributed by atoms with Crippen LogP contribution in [0.4, 0.5) is 0 Å². The molecule has 3 heteroatoms. The summed E-state index contributed by atoms with van der Waals surface area (Å²) in [5, 5.41) is 23.0. The molecule has 4 fully saturated rings. The molecule has 2 unspecified atom stereocenters. The molecule has 4 saturated carbocycles. The molecule has 0 aromatic rings. The molecule has 0 radical (unpaired) electrons. The highest BCUT2D eigenvalue weighted by Gasteiger charge is 2.60. The fraction of sp³-hybridized carbons (Fsp3) is 0.952. The van der Waals surface area contributed by atoms with E-state index in [-0.39, 0.29) is 6.10 Å². The Hall–Kier alpha value is -0.570. The number of fused-ring (bicyclic) bond motifs is 5. The Bertz CT molecular complexity index is 532. The van der Waals surface area contributed by atoms with E-state index >= 15 is 0 Å². The van der Waals surface area contributed by atoms with Crippen molar-refractivity contribution in [2.24, 2.45) is 45.6 Å². The fourth-order valence-electron chi connectivity index (χ4n) is 7.99. The van der Waals surface area contributed by atoms with Gasteiger partial charge in [0.2, 0.25) is 0 Å². The number of hydrogen-bond acceptors (Lipinski definition) is 3. The minimum atomic E-state index is -0.0484. The topological polar surface area (TPSA) is 52.8 Å². The SMILES string of the molecule is C/C(=N\O)[C@H]1CC[C@H]2[C@@H]3CCC4CC(O)CC[C@]4(C)[C@H]3CC[C@]12C. The number of hydrogen-bond donors (Lipinski definition) is 2. The van der Waals surface area contributed by atoms with E-state index in [0.717, 1.165) is 42.2 Å². The van der Waals surface area contributed by atoms with Crippen molar-refractivity contribution in [1.29, 1.82) is 0 Å². The highest BCUT2D eigenvalue weighted by Crippen LogP contribution is 2.67. The van der Waals surface area contributed by atoms with Crippen molar-refractivity contribution >= 4 is 5.71 Å². The largest absolute Gasteiger partial charge is 0.411 e. The van der Waals surface area contributed by atoms with Crippen LogP contribution in [-0.4, -0.2) is 22.1 Å². The normalized spacial score (nSPS) is 54.8. The Kier molecular flexibility index (Phi) is 4.02. The summed E-state index contributed by atoms with van der Waals surface area (Å²) in [5.74, 6) is 3.74. The van der Waals surface area contributed by atoms with Gasteiger partial charge >= 0.3 is 0 Å². The maximum absolute atomic E-state index is 10.1. The zero-order chi connectivity index (χ0) is 17.1. The molecule has 4 rings (SSSR count). The molecule has 0 heterocycles. The van der Waals surface area contributed by atoms with Gasteiger partial charge in [0.25, 0.3) is 0 Å². The molecule has 3 nitrogen and oxygen atoms in total. The molecule has 0 aliphatic heterocycles. The number of nitrogens with zero attached hydrogens (tertiary/aromatic N) is 1. The van der Waals surface area contributed by atoms with Crippen LogP contribution in [0.25, 0.3) is 0 Å². The molecule has 0 saturated heterocycles. The van der Waals surface area contributed by atoms with E-state index in [0.29, 0.717) is 16.7 Å². The van der Waals surface area contributed by atoms with Crippen molar-refractivity contribution < 1.29 is 10.3 Å². The van der Waals surface area contributed by atoms with E-state index in [2.05, 4.69) is 19.0 Å². The standard InChI is InChI=1S/C21H35NO2/c1-13(22-24)17-6-7-18-16-5-4-14-12-15(23)8-10-20(14,2)19(16)9-11-21(17,18)3/h14-19,23-24H,4-12H2,1-3H3/b22-13+/t14?,15?,16-,17+,18-,19-,20-,21+/m0/s1. The van der Waals surface area contributed by atoms with Gasteiger partial charge in [0, 0.05) is 5.92 Å². The summed E-state index contributed by atoms with van der Waals surface area (Å²) in [7, 11) is 0. The molecule has 0 amide bonds. The summed E-state index contributed by atoms with van der Waals surface area (Å²) in [6.07, 6.45) is 11.1. The summed E-state index contributed by atoms with van der Waals surface area (Å²) in [4.78, 5) is 0. The monoisotopic (exact) mass is 333 g/mol. The van der Waals surface area contributed by atoms with Gasteiger partial charge in [-0.25, -0.2) is 0 Å². The summed E-state index contributed by atoms with van der Waals surface area (Å²) in [6.45, 7) is 7.06. The lowest BCUT2D eigenvalue weighted by molar-refractivity contribution is -0.123. The average molecular weight is 334 g/mol. The maximum Gasteiger partial charge on any atom is 0.0576 e. The Morgan fingerprint density at radius 1 is 0.917 bits per heavy atom. The van der Waals surface area contributed by atoms with Crippen LogP contribution in [0, 0.1) is 40.4 Å². The van der Waals surface area contributed by atoms with Crippen LogP contribution in [0.3, 0.4) is 0 Å². The Labute approximate surface area is 146 Å². The number of aliphatic hydroxyl groups excluding tert-OH is 1. The molecule has 0 aromatic carbocycles. The first-order chi connectivity index (χ1) is 11.4. The highest BCUT2D eigenvalue weighted by molar-refractivity contribution is 5.84. The number of oxime groups is 1. The van der Waals surface area contributed by atoms with Gasteiger partial charge in [0.1, 0.15) is 0 Å². The molecular weight excluding hydrogens is 298 g/mol. The fourth-order valence-corrected chi connectivity index (χ4v) is 7.99. The second-order valence-electron chi connectivity index (χ2n) is 10.0. The van der Waals surface area contributed by atoms with Crippen molar-refractivity contribution in [3.63, 3.8) is 0 Å². The van der Waals surface area contributed by atoms with Gasteiger partial charge in [0.05, 0.1) is 11.8 Å². The van der Waals surface area contributed by atoms with Gasteiger partial charge in [-0.2, -0.15) is 0 Å². The first kappa shape index (κ1) is 16.9. The van der Waals surface area contributed by atoms with Gasteiger partial charge < -0.3 is 10.3 Å². The maximum atomic E-state index is 10.1. The van der Waals surface area contributed by atoms with Gasteiger partial charge in [-0.1, -0.05) is 19.0 Å². The smallest absolute Gasteiger partial charge is 0.0576 e. The molecule has 136 valence electrons. The van der Waals surface area contributed by atoms with Gasteiger partial charge in [-0.15, -0.1) is 0 Å². The van der Waals surface area contributed by atoms with Crippen LogP contribution in [0.5, 0.6) is 0 Å². The predicted molar refractivity (Wildman–Crippen MR) is 96.1 cm³/mol. The van der Waals surface area contributed by atoms with Crippen LogP contribution in [0.2, 0.25) is 0 Å². The molecule has 0 spiro atoms. The van der Waals surface area contributed by atoms with Crippen LogP contribution in [-0.2, 0) is 0 Å². The average Bonchev–Trinajstić information content (AvgIpc) is 2.92. The first-order valence-electron chi connectivity index (χ1n) is 10.3. The quantitative estimate of drug-likeness (QED) is 0.409. The lowest BCUT2D eigenvalue weighted by Gasteiger charge is -2.61. The first-order valence-corrected chi connectivity index (χ1v) is 10.3. The zero-order valence-corrected chi connectivity index (χ0v) is 15.7. The van der Waals surface area contributed by atoms with E-state index in [1.54, 1.807) is 0 Å². The van der Waals surface area contributed by atoms with Crippen molar-refractivity contribution in [2.75, 3.05) is 0 Å². The second kappa shape index (κ2) is 5.72. The molecule has 0 bridgehead atoms. The Morgan fingerprint density at radius 2 is 1.62 bits per heavy atom. The van der Waals surface area contributed by atoms with Crippen molar-refractivity contribution in [1.82, 2.24) is 0 Å². The van der Waals surface area contributed by atoms with Gasteiger partial charge in [-0.05, 0) is 99.2 Å². The third kappa shape index (κ3) is 2.22. The van der Waals surface area contributed by atoms with Crippen LogP contribution in [0.1, 0.15) is 78.6 Å². The second-order valence-corrected chi connectivity index (χ2v) is 10.0. The van der Waals surface area contributed by atoms with E-state index in [1.165, 1.54) is 44.9 Å². The van der Waals surface area contributed by atoms with Crippen molar-refractivity contribution in [3.8, 4) is 0 Å². The van der Waals surface area contributed by atoms with E-state index in [9.17, 15) is 10.3 Å². The predicted octanol–water partition coefficient (Wildman–Crippen LogP) is 4.86. The molecule has 2 N–H and O–H groups in total. The minimum absolute atomic E-state index is 0.0484. The third-order valence-electron chi connectivity index (χ3n) is 9.30. The molecule has 0 aromatic heterocycles. The van der Waals surface area contributed by atoms with Crippen LogP contribution in [0.15, 0.2) is 5.16 Å². The van der Waals surface area contributed by atoms with E-state index < -0.39 is 0 Å². The van der Waals surface area contributed by atoms with E-state index in [1.807, 2.05) is 6.92 Å². The van der Waals surface area contributed by atoms with Gasteiger partial charge in [-0.3, -0.25) is 0 Å². The lowest BCUT2D eigenvalue weighted by Crippen LogP contribution is -2.54.